The number of ether oxygens (including phenoxy) is 1. The van der Waals surface area contributed by atoms with Gasteiger partial charge in [-0.3, -0.25) is 14.3 Å². The van der Waals surface area contributed by atoms with Gasteiger partial charge in [-0.2, -0.15) is 0 Å². The van der Waals surface area contributed by atoms with Crippen molar-refractivity contribution >= 4 is 13.6 Å². The molecule has 0 amide bonds. The Morgan fingerprint density at radius 1 is 1.33 bits per heavy atom. The fourth-order valence-corrected chi connectivity index (χ4v) is 4.61. The highest BCUT2D eigenvalue weighted by Crippen LogP contribution is 2.50. The molecule has 2 bridgehead atoms. The number of carboxylic acid groups (broad SMARTS) is 1. The summed E-state index contributed by atoms with van der Waals surface area (Å²) in [5.74, 6) is -3.95. The van der Waals surface area contributed by atoms with Crippen LogP contribution >= 0.6 is 7.60 Å². The van der Waals surface area contributed by atoms with Crippen LogP contribution < -0.4 is 11.2 Å². The van der Waals surface area contributed by atoms with Crippen molar-refractivity contribution in [2.24, 2.45) is 23.7 Å². The van der Waals surface area contributed by atoms with Crippen molar-refractivity contribution in [3.63, 3.8) is 0 Å². The molecule has 5 atom stereocenters. The van der Waals surface area contributed by atoms with E-state index in [1.165, 1.54) is 10.8 Å². The number of aromatic nitrogens is 2. The fourth-order valence-electron chi connectivity index (χ4n) is 4.04. The molecule has 0 aromatic carbocycles. The zero-order valence-electron chi connectivity index (χ0n) is 14.5. The number of allylic oxidation sites excluding steroid dienone is 2. The standard InChI is InChI=1S/C16H21N2O8P/c1-8-5-18(16(22)17-13(8)19)6-11-9-2-3-10(4-9)12(11)7-26-15(14(20)21)27(23,24)25/h2-3,5,9-12,15H,4,6-7H2,1H3,(H,20,21)(H,17,19,22)(H2,23,24,25). The Kier molecular flexibility index (Phi) is 5.27. The molecule has 2 aliphatic rings. The second-order valence-corrected chi connectivity index (χ2v) is 8.76. The Morgan fingerprint density at radius 2 is 1.96 bits per heavy atom. The van der Waals surface area contributed by atoms with Crippen LogP contribution in [0.25, 0.3) is 0 Å². The Morgan fingerprint density at radius 3 is 2.56 bits per heavy atom. The van der Waals surface area contributed by atoms with Gasteiger partial charge in [-0.25, -0.2) is 9.59 Å². The molecule has 1 aromatic rings. The molecule has 148 valence electrons. The van der Waals surface area contributed by atoms with E-state index in [0.717, 1.165) is 6.42 Å². The number of hydrogen-bond donors (Lipinski definition) is 4. The Hall–Kier alpha value is -2.00. The summed E-state index contributed by atoms with van der Waals surface area (Å²) in [5, 5.41) is 9.00. The summed E-state index contributed by atoms with van der Waals surface area (Å²) < 4.78 is 17.8. The van der Waals surface area contributed by atoms with Crippen molar-refractivity contribution in [1.29, 1.82) is 0 Å². The van der Waals surface area contributed by atoms with Crippen LogP contribution in [0, 0.1) is 30.6 Å². The first kappa shape index (κ1) is 19.8. The maximum atomic E-state index is 12.1. The van der Waals surface area contributed by atoms with E-state index in [-0.39, 0.29) is 30.3 Å². The number of hydrogen-bond acceptors (Lipinski definition) is 5. The molecule has 4 N–H and O–H groups in total. The zero-order chi connectivity index (χ0) is 19.9. The molecule has 1 fully saturated rings. The van der Waals surface area contributed by atoms with Crippen LogP contribution in [-0.2, 0) is 20.6 Å². The number of aryl methyl sites for hydroxylation is 1. The van der Waals surface area contributed by atoms with Crippen LogP contribution in [0.15, 0.2) is 27.9 Å². The summed E-state index contributed by atoms with van der Waals surface area (Å²) in [7, 11) is -4.95. The quantitative estimate of drug-likeness (QED) is 0.364. The van der Waals surface area contributed by atoms with Crippen molar-refractivity contribution in [2.45, 2.75) is 25.7 Å². The predicted octanol–water partition coefficient (Wildman–Crippen LogP) is -0.112. The Balaban J connectivity index is 1.79. The summed E-state index contributed by atoms with van der Waals surface area (Å²) in [6.45, 7) is 1.74. The van der Waals surface area contributed by atoms with Crippen molar-refractivity contribution in [3.8, 4) is 0 Å². The average molecular weight is 400 g/mol. The van der Waals surface area contributed by atoms with Crippen LogP contribution in [-0.4, -0.2) is 42.9 Å². The molecule has 1 aromatic heterocycles. The van der Waals surface area contributed by atoms with Crippen molar-refractivity contribution in [3.05, 3.63) is 44.8 Å². The van der Waals surface area contributed by atoms with Crippen LogP contribution in [0.5, 0.6) is 0 Å². The molecule has 0 radical (unpaired) electrons. The van der Waals surface area contributed by atoms with Gasteiger partial charge < -0.3 is 24.2 Å². The van der Waals surface area contributed by atoms with Gasteiger partial charge in [0.2, 0.25) is 0 Å². The fraction of sp³-hybridized carbons (Fsp3) is 0.562. The highest BCUT2D eigenvalue weighted by molar-refractivity contribution is 7.53. The number of nitrogens with zero attached hydrogens (tertiary/aromatic N) is 1. The second kappa shape index (κ2) is 7.20. The minimum Gasteiger partial charge on any atom is -0.479 e. The normalized spacial score (nSPS) is 27.8. The summed E-state index contributed by atoms with van der Waals surface area (Å²) in [6.07, 6.45) is 6.31. The van der Waals surface area contributed by atoms with Crippen molar-refractivity contribution < 1.29 is 29.0 Å². The van der Waals surface area contributed by atoms with Gasteiger partial charge in [-0.15, -0.1) is 0 Å². The first-order valence-electron chi connectivity index (χ1n) is 8.46. The summed E-state index contributed by atoms with van der Waals surface area (Å²) >= 11 is 0. The first-order valence-corrected chi connectivity index (χ1v) is 10.1. The van der Waals surface area contributed by atoms with Crippen LogP contribution in [0.2, 0.25) is 0 Å². The van der Waals surface area contributed by atoms with Gasteiger partial charge in [0.15, 0.2) is 0 Å². The predicted molar refractivity (Wildman–Crippen MR) is 93.2 cm³/mol. The van der Waals surface area contributed by atoms with Crippen molar-refractivity contribution in [2.75, 3.05) is 6.61 Å². The first-order chi connectivity index (χ1) is 12.6. The molecule has 2 aliphatic carbocycles. The minimum absolute atomic E-state index is 0.0748. The molecule has 11 heteroatoms. The lowest BCUT2D eigenvalue weighted by atomic mass is 9.83. The summed E-state index contributed by atoms with van der Waals surface area (Å²) in [4.78, 5) is 55.2. The van der Waals surface area contributed by atoms with Crippen LogP contribution in [0.4, 0.5) is 0 Å². The Bertz CT molecular complexity index is 929. The van der Waals surface area contributed by atoms with E-state index < -0.39 is 30.7 Å². The van der Waals surface area contributed by atoms with Gasteiger partial charge in [0.25, 0.3) is 11.4 Å². The molecule has 0 spiro atoms. The Labute approximate surface area is 153 Å². The van der Waals surface area contributed by atoms with E-state index >= 15 is 0 Å². The molecular formula is C16H21N2O8P. The third-order valence-corrected chi connectivity index (χ3v) is 6.34. The lowest BCUT2D eigenvalue weighted by Gasteiger charge is -2.29. The topological polar surface area (TPSA) is 159 Å². The number of rotatable bonds is 7. The van der Waals surface area contributed by atoms with Gasteiger partial charge in [-0.05, 0) is 37.0 Å². The van der Waals surface area contributed by atoms with Gasteiger partial charge in [-0.1, -0.05) is 12.2 Å². The lowest BCUT2D eigenvalue weighted by molar-refractivity contribution is -0.147. The molecular weight excluding hydrogens is 379 g/mol. The van der Waals surface area contributed by atoms with E-state index in [0.29, 0.717) is 12.1 Å². The van der Waals surface area contributed by atoms with Crippen LogP contribution in [0.3, 0.4) is 0 Å². The van der Waals surface area contributed by atoms with E-state index in [1.54, 1.807) is 6.92 Å². The van der Waals surface area contributed by atoms with Gasteiger partial charge in [0.05, 0.1) is 6.61 Å². The number of carbonyl (C=O) groups is 1. The molecule has 3 rings (SSSR count). The lowest BCUT2D eigenvalue weighted by Crippen LogP contribution is -2.37. The second-order valence-electron chi connectivity index (χ2n) is 7.11. The third kappa shape index (κ3) is 3.98. The zero-order valence-corrected chi connectivity index (χ0v) is 15.4. The highest BCUT2D eigenvalue weighted by Gasteiger charge is 2.46. The molecule has 10 nitrogen and oxygen atoms in total. The molecule has 0 saturated heterocycles. The molecule has 1 heterocycles. The van der Waals surface area contributed by atoms with Gasteiger partial charge in [0.1, 0.15) is 0 Å². The molecule has 0 aliphatic heterocycles. The van der Waals surface area contributed by atoms with Crippen LogP contribution in [0.1, 0.15) is 12.0 Å². The maximum Gasteiger partial charge on any atom is 0.365 e. The number of aliphatic carboxylic acids is 1. The highest BCUT2D eigenvalue weighted by atomic mass is 31.2. The number of H-pyrrole nitrogens is 1. The maximum absolute atomic E-state index is 12.1. The van der Waals surface area contributed by atoms with Crippen molar-refractivity contribution in [1.82, 2.24) is 9.55 Å². The smallest absolute Gasteiger partial charge is 0.365 e. The number of aromatic amines is 1. The summed E-state index contributed by atoms with van der Waals surface area (Å²) in [5.41, 5.74) is -0.584. The SMILES string of the molecule is Cc1cn(CC2C3C=CC(C3)C2COC(C(=O)O)P(=O)(O)O)c(=O)[nH]c1=O. The van der Waals surface area contributed by atoms with E-state index in [2.05, 4.69) is 4.98 Å². The van der Waals surface area contributed by atoms with E-state index in [1.807, 2.05) is 12.2 Å². The number of nitrogens with one attached hydrogen (secondary N) is 1. The average Bonchev–Trinajstić information content (AvgIpc) is 3.13. The van der Waals surface area contributed by atoms with E-state index in [9.17, 15) is 18.9 Å². The van der Waals surface area contributed by atoms with Gasteiger partial charge >= 0.3 is 19.3 Å². The number of fused-ring (bicyclic) bond motifs is 2. The third-order valence-electron chi connectivity index (χ3n) is 5.36. The minimum atomic E-state index is -4.95. The monoisotopic (exact) mass is 400 g/mol. The molecule has 5 unspecified atom stereocenters. The molecule has 1 saturated carbocycles. The largest absolute Gasteiger partial charge is 0.479 e. The van der Waals surface area contributed by atoms with Gasteiger partial charge in [0, 0.05) is 18.3 Å². The number of carboxylic acids is 1. The summed E-state index contributed by atoms with van der Waals surface area (Å²) in [6, 6.07) is 0. The molecule has 27 heavy (non-hydrogen) atoms. The van der Waals surface area contributed by atoms with E-state index in [4.69, 9.17) is 19.6 Å².